The van der Waals surface area contributed by atoms with Crippen molar-refractivity contribution in [2.24, 2.45) is 0 Å². The Hall–Kier alpha value is -1.74. The summed E-state index contributed by atoms with van der Waals surface area (Å²) < 4.78 is 1.95. The normalized spacial score (nSPS) is 21.7. The number of amides is 2. The number of benzene rings is 2. The zero-order valence-corrected chi connectivity index (χ0v) is 19.5. The molecule has 1 heterocycles. The molecule has 6 nitrogen and oxygen atoms in total. The number of nitrogens with zero attached hydrogens (tertiary/aromatic N) is 2. The number of carbonyl (C=O) groups is 2. The van der Waals surface area contributed by atoms with Crippen LogP contribution in [0.25, 0.3) is 0 Å². The van der Waals surface area contributed by atoms with Crippen molar-refractivity contribution in [3.8, 4) is 0 Å². The lowest BCUT2D eigenvalue weighted by Gasteiger charge is -2.46. The van der Waals surface area contributed by atoms with Crippen LogP contribution in [0.3, 0.4) is 0 Å². The third-order valence-electron chi connectivity index (χ3n) is 5.45. The van der Waals surface area contributed by atoms with E-state index in [1.807, 2.05) is 48.5 Å². The first kappa shape index (κ1) is 21.5. The van der Waals surface area contributed by atoms with Gasteiger partial charge >= 0.3 is 11.8 Å². The Morgan fingerprint density at radius 2 is 1.07 bits per heavy atom. The predicted octanol–water partition coefficient (Wildman–Crippen LogP) is 4.76. The van der Waals surface area contributed by atoms with E-state index in [2.05, 4.69) is 31.9 Å². The Bertz CT molecular complexity index is 829. The molecule has 2 aliphatic rings. The Labute approximate surface area is 192 Å². The number of halogens is 2. The molecular weight excluding hydrogens is 516 g/mol. The summed E-state index contributed by atoms with van der Waals surface area (Å²) in [5, 5.41) is 2.57. The number of hydroxylamine groups is 4. The smallest absolute Gasteiger partial charge is 0.265 e. The third-order valence-corrected chi connectivity index (χ3v) is 6.50. The van der Waals surface area contributed by atoms with Gasteiger partial charge in [0, 0.05) is 8.95 Å². The highest BCUT2D eigenvalue weighted by Crippen LogP contribution is 2.32. The van der Waals surface area contributed by atoms with Gasteiger partial charge in [0.25, 0.3) is 0 Å². The minimum absolute atomic E-state index is 0.204. The van der Waals surface area contributed by atoms with Crippen LogP contribution in [-0.2, 0) is 32.5 Å². The Balaban J connectivity index is 1.46. The molecule has 1 aliphatic heterocycles. The van der Waals surface area contributed by atoms with Gasteiger partial charge in [0.2, 0.25) is 0 Å². The number of carbonyl (C=O) groups excluding carboxylic acids is 2. The fourth-order valence-electron chi connectivity index (χ4n) is 3.89. The first-order chi connectivity index (χ1) is 14.5. The molecule has 0 aromatic heterocycles. The van der Waals surface area contributed by atoms with Crippen LogP contribution >= 0.6 is 31.9 Å². The maximum absolute atomic E-state index is 12.8. The second-order valence-electron chi connectivity index (χ2n) is 7.48. The molecule has 2 aromatic rings. The van der Waals surface area contributed by atoms with Gasteiger partial charge in [-0.3, -0.25) is 19.3 Å². The van der Waals surface area contributed by atoms with Crippen LogP contribution in [-0.4, -0.2) is 34.0 Å². The van der Waals surface area contributed by atoms with Gasteiger partial charge in [-0.25, -0.2) is 10.1 Å². The lowest BCUT2D eigenvalue weighted by atomic mass is 9.88. The molecule has 2 amide bonds. The second kappa shape index (κ2) is 9.60. The number of hydrogen-bond acceptors (Lipinski definition) is 4. The van der Waals surface area contributed by atoms with Crippen LogP contribution in [0.4, 0.5) is 0 Å². The lowest BCUT2D eigenvalue weighted by Crippen LogP contribution is -2.65. The van der Waals surface area contributed by atoms with Gasteiger partial charge < -0.3 is 0 Å². The van der Waals surface area contributed by atoms with Gasteiger partial charge in [-0.05, 0) is 48.2 Å². The summed E-state index contributed by atoms with van der Waals surface area (Å²) in [7, 11) is 0. The van der Waals surface area contributed by atoms with Crippen molar-refractivity contribution in [3.63, 3.8) is 0 Å². The summed E-state index contributed by atoms with van der Waals surface area (Å²) >= 11 is 6.81. The van der Waals surface area contributed by atoms with E-state index in [0.717, 1.165) is 45.8 Å². The minimum atomic E-state index is -0.675. The fourth-order valence-corrected chi connectivity index (χ4v) is 4.42. The summed E-state index contributed by atoms with van der Waals surface area (Å²) in [6.45, 7) is 0.463. The van der Waals surface area contributed by atoms with Crippen LogP contribution in [0.2, 0.25) is 0 Å². The van der Waals surface area contributed by atoms with E-state index in [4.69, 9.17) is 9.68 Å². The van der Waals surface area contributed by atoms with Crippen molar-refractivity contribution >= 4 is 43.7 Å². The monoisotopic (exact) mass is 536 g/mol. The van der Waals surface area contributed by atoms with E-state index in [1.54, 1.807) is 0 Å². The summed E-state index contributed by atoms with van der Waals surface area (Å²) in [6.07, 6.45) is 3.53. The Morgan fingerprint density at radius 3 is 1.43 bits per heavy atom. The van der Waals surface area contributed by atoms with Crippen molar-refractivity contribution in [1.82, 2.24) is 10.1 Å². The van der Waals surface area contributed by atoms with Gasteiger partial charge in [0.15, 0.2) is 0 Å². The summed E-state index contributed by atoms with van der Waals surface area (Å²) in [5.41, 5.74) is 1.86. The number of rotatable bonds is 6. The van der Waals surface area contributed by atoms with E-state index in [1.165, 1.54) is 10.1 Å². The van der Waals surface area contributed by atoms with Crippen molar-refractivity contribution in [3.05, 3.63) is 68.6 Å². The van der Waals surface area contributed by atoms with Crippen LogP contribution < -0.4 is 0 Å². The summed E-state index contributed by atoms with van der Waals surface area (Å²) in [4.78, 5) is 37.4. The van der Waals surface area contributed by atoms with Crippen molar-refractivity contribution in [1.29, 1.82) is 0 Å². The number of hydrogen-bond donors (Lipinski definition) is 0. The van der Waals surface area contributed by atoms with Crippen LogP contribution in [0.1, 0.15) is 36.8 Å². The molecule has 0 unspecified atom stereocenters. The van der Waals surface area contributed by atoms with E-state index in [9.17, 15) is 9.59 Å². The molecule has 4 rings (SSSR count). The molecule has 0 spiro atoms. The van der Waals surface area contributed by atoms with Crippen LogP contribution in [0, 0.1) is 0 Å². The molecule has 2 aromatic carbocycles. The standard InChI is InChI=1S/C22H22Br2N2O4/c23-17-9-5-15(6-10-17)13-29-25-19-3-1-2-4-20(19)26(22(28)21(25)27)30-14-16-7-11-18(24)12-8-16/h5-12,19-20H,1-4,13-14H2/t19-,20-/m1/s1. The van der Waals surface area contributed by atoms with Crippen LogP contribution in [0.5, 0.6) is 0 Å². The molecule has 0 N–H and O–H groups in total. The summed E-state index contributed by atoms with van der Waals surface area (Å²) in [6, 6.07) is 15.0. The Kier molecular flexibility index (Phi) is 6.87. The van der Waals surface area contributed by atoms with Crippen molar-refractivity contribution < 1.29 is 19.3 Å². The highest BCUT2D eigenvalue weighted by atomic mass is 79.9. The molecule has 1 saturated heterocycles. The van der Waals surface area contributed by atoms with Crippen LogP contribution in [0.15, 0.2) is 57.5 Å². The van der Waals surface area contributed by atoms with Gasteiger partial charge in [-0.1, -0.05) is 69.0 Å². The van der Waals surface area contributed by atoms with Gasteiger partial charge in [-0.15, -0.1) is 0 Å². The molecule has 0 bridgehead atoms. The molecule has 158 valence electrons. The topological polar surface area (TPSA) is 59.1 Å². The highest BCUT2D eigenvalue weighted by molar-refractivity contribution is 9.10. The molecule has 1 saturated carbocycles. The molecular formula is C22H22Br2N2O4. The second-order valence-corrected chi connectivity index (χ2v) is 9.31. The molecule has 0 radical (unpaired) electrons. The van der Waals surface area contributed by atoms with Gasteiger partial charge in [-0.2, -0.15) is 0 Å². The molecule has 2 fully saturated rings. The molecule has 30 heavy (non-hydrogen) atoms. The molecule has 2 atom stereocenters. The first-order valence-electron chi connectivity index (χ1n) is 9.94. The maximum Gasteiger partial charge on any atom is 0.338 e. The molecule has 8 heteroatoms. The number of fused-ring (bicyclic) bond motifs is 1. The van der Waals surface area contributed by atoms with E-state index >= 15 is 0 Å². The SMILES string of the molecule is O=C1C(=O)N(OCc2ccc(Br)cc2)[C@@H]2CCCC[C@H]2N1OCc1ccc(Br)cc1. The van der Waals surface area contributed by atoms with E-state index in [0.29, 0.717) is 0 Å². The minimum Gasteiger partial charge on any atom is -0.265 e. The quantitative estimate of drug-likeness (QED) is 0.499. The van der Waals surface area contributed by atoms with Gasteiger partial charge in [0.1, 0.15) is 13.2 Å². The predicted molar refractivity (Wildman–Crippen MR) is 118 cm³/mol. The Morgan fingerprint density at radius 1 is 0.700 bits per heavy atom. The number of piperazine rings is 1. The fraction of sp³-hybridized carbons (Fsp3) is 0.364. The van der Waals surface area contributed by atoms with Crippen molar-refractivity contribution in [2.45, 2.75) is 51.0 Å². The lowest BCUT2D eigenvalue weighted by molar-refractivity contribution is -0.270. The largest absolute Gasteiger partial charge is 0.338 e. The zero-order valence-electron chi connectivity index (χ0n) is 16.3. The molecule has 1 aliphatic carbocycles. The maximum atomic E-state index is 12.8. The van der Waals surface area contributed by atoms with E-state index < -0.39 is 11.8 Å². The highest BCUT2D eigenvalue weighted by Gasteiger charge is 2.48. The van der Waals surface area contributed by atoms with E-state index in [-0.39, 0.29) is 25.3 Å². The first-order valence-corrected chi connectivity index (χ1v) is 11.5. The van der Waals surface area contributed by atoms with Crippen molar-refractivity contribution in [2.75, 3.05) is 0 Å². The zero-order chi connectivity index (χ0) is 21.1. The average molecular weight is 538 g/mol. The van der Waals surface area contributed by atoms with Gasteiger partial charge in [0.05, 0.1) is 12.1 Å². The average Bonchev–Trinajstić information content (AvgIpc) is 2.76. The third kappa shape index (κ3) is 4.77. The summed E-state index contributed by atoms with van der Waals surface area (Å²) in [5.74, 6) is -1.35.